The van der Waals surface area contributed by atoms with Gasteiger partial charge in [0.15, 0.2) is 11.2 Å². The van der Waals surface area contributed by atoms with Crippen LogP contribution in [0.1, 0.15) is 0 Å². The maximum Gasteiger partial charge on any atom is 0.178 e. The van der Waals surface area contributed by atoms with Gasteiger partial charge in [-0.1, -0.05) is 146 Å². The van der Waals surface area contributed by atoms with Gasteiger partial charge in [0.25, 0.3) is 0 Å². The van der Waals surface area contributed by atoms with Crippen LogP contribution in [0.5, 0.6) is 0 Å². The fourth-order valence-electron chi connectivity index (χ4n) is 9.02. The smallest absolute Gasteiger partial charge is 0.178 e. The number of furan rings is 2. The maximum absolute atomic E-state index is 6.44. The van der Waals surface area contributed by atoms with E-state index in [2.05, 4.69) is 164 Å². The largest absolute Gasteiger partial charge is 0.452 e. The monoisotopic (exact) mass is 686 g/mol. The van der Waals surface area contributed by atoms with E-state index in [1.807, 2.05) is 18.2 Å². The molecule has 0 unspecified atom stereocenters. The van der Waals surface area contributed by atoms with E-state index in [0.29, 0.717) is 0 Å². The predicted octanol–water partition coefficient (Wildman–Crippen LogP) is 15.1. The van der Waals surface area contributed by atoms with Gasteiger partial charge in [-0.05, 0) is 113 Å². The van der Waals surface area contributed by atoms with Crippen LogP contribution in [-0.2, 0) is 0 Å². The van der Waals surface area contributed by atoms with Crippen molar-refractivity contribution in [2.75, 3.05) is 0 Å². The van der Waals surface area contributed by atoms with Crippen molar-refractivity contribution in [3.05, 3.63) is 182 Å². The van der Waals surface area contributed by atoms with E-state index >= 15 is 0 Å². The molecule has 2 aromatic heterocycles. The molecule has 0 aliphatic rings. The Morgan fingerprint density at radius 2 is 0.741 bits per heavy atom. The Morgan fingerprint density at radius 3 is 1.43 bits per heavy atom. The molecule has 0 aliphatic carbocycles. The topological polar surface area (TPSA) is 26.3 Å². The number of fused-ring (bicyclic) bond motifs is 12. The first-order valence-corrected chi connectivity index (χ1v) is 18.5. The van der Waals surface area contributed by atoms with E-state index in [9.17, 15) is 0 Å². The molecule has 12 rings (SSSR count). The average molecular weight is 687 g/mol. The molecule has 10 aromatic carbocycles. The Morgan fingerprint density at radius 1 is 0.259 bits per heavy atom. The molecule has 0 aliphatic heterocycles. The highest BCUT2D eigenvalue weighted by atomic mass is 16.4. The number of benzene rings is 10. The molecule has 2 heteroatoms. The zero-order chi connectivity index (χ0) is 35.3. The second kappa shape index (κ2) is 11.2. The molecule has 0 fully saturated rings. The van der Waals surface area contributed by atoms with E-state index in [1.54, 1.807) is 0 Å². The van der Waals surface area contributed by atoms with Gasteiger partial charge in [0.2, 0.25) is 0 Å². The molecule has 0 radical (unpaired) electrons. The first-order chi connectivity index (χ1) is 26.8. The zero-order valence-electron chi connectivity index (χ0n) is 29.1. The lowest BCUT2D eigenvalue weighted by atomic mass is 9.83. The van der Waals surface area contributed by atoms with Gasteiger partial charge in [-0.25, -0.2) is 0 Å². The number of hydrogen-bond acceptors (Lipinski definition) is 2. The van der Waals surface area contributed by atoms with Crippen molar-refractivity contribution >= 4 is 87.0 Å². The van der Waals surface area contributed by atoms with Gasteiger partial charge in [0.05, 0.1) is 0 Å². The van der Waals surface area contributed by atoms with Crippen LogP contribution < -0.4 is 0 Å². The number of hydrogen-bond donors (Lipinski definition) is 0. The summed E-state index contributed by atoms with van der Waals surface area (Å²) in [6.07, 6.45) is 0. The number of rotatable bonds is 3. The Bertz CT molecular complexity index is 3430. The summed E-state index contributed by atoms with van der Waals surface area (Å²) in [5.41, 5.74) is 10.6. The van der Waals surface area contributed by atoms with Gasteiger partial charge in [0.1, 0.15) is 11.2 Å². The molecule has 0 spiro atoms. The zero-order valence-corrected chi connectivity index (χ0v) is 29.1. The van der Waals surface area contributed by atoms with E-state index in [4.69, 9.17) is 8.83 Å². The molecule has 2 heterocycles. The standard InChI is InChI=1S/C52H30O2/c1-2-12-35-34(11-1)30-46(37-14-4-3-13-36(35)37)50-41-18-7-5-16-39(41)49(40-17-6-8-19-42(40)50)32-23-21-31(22-24-32)33-25-28-48-45(29-33)44-27-26-43-38-15-9-10-20-47(38)53-51(43)52(44)54-48/h1-30H. The van der Waals surface area contributed by atoms with Gasteiger partial charge in [-0.3, -0.25) is 0 Å². The Labute approximate surface area is 310 Å². The van der Waals surface area contributed by atoms with Crippen LogP contribution in [0.25, 0.3) is 120 Å². The van der Waals surface area contributed by atoms with Crippen LogP contribution in [0.2, 0.25) is 0 Å². The van der Waals surface area contributed by atoms with E-state index < -0.39 is 0 Å². The van der Waals surface area contributed by atoms with Gasteiger partial charge >= 0.3 is 0 Å². The van der Waals surface area contributed by atoms with Crippen LogP contribution in [0, 0.1) is 0 Å². The Hall–Kier alpha value is -7.16. The Balaban J connectivity index is 1.02. The fraction of sp³-hybridized carbons (Fsp3) is 0. The second-order valence-corrected chi connectivity index (χ2v) is 14.3. The minimum absolute atomic E-state index is 0.796. The van der Waals surface area contributed by atoms with Crippen molar-refractivity contribution in [3.63, 3.8) is 0 Å². The van der Waals surface area contributed by atoms with Crippen LogP contribution >= 0.6 is 0 Å². The second-order valence-electron chi connectivity index (χ2n) is 14.3. The third-order valence-electron chi connectivity index (χ3n) is 11.5. The lowest BCUT2D eigenvalue weighted by molar-refractivity contribution is 0.633. The third kappa shape index (κ3) is 4.17. The molecule has 0 atom stereocenters. The minimum Gasteiger partial charge on any atom is -0.452 e. The summed E-state index contributed by atoms with van der Waals surface area (Å²) in [5, 5.41) is 14.4. The van der Waals surface area contributed by atoms with Crippen LogP contribution in [-0.4, -0.2) is 0 Å². The SMILES string of the molecule is c1ccc2c(c1)cc(-c1c3ccccc3c(-c3ccc(-c4ccc5oc6c(ccc7c8ccccc8oc76)c5c4)cc3)c3ccccc13)c1ccccc12. The molecule has 54 heavy (non-hydrogen) atoms. The van der Waals surface area contributed by atoms with E-state index in [1.165, 1.54) is 65.3 Å². The molecular weight excluding hydrogens is 657 g/mol. The highest BCUT2D eigenvalue weighted by molar-refractivity contribution is 6.26. The number of para-hydroxylation sites is 1. The quantitative estimate of drug-likeness (QED) is 0.137. The molecule has 12 aromatic rings. The molecular formula is C52H30O2. The normalized spacial score (nSPS) is 12.1. The van der Waals surface area contributed by atoms with Crippen molar-refractivity contribution < 1.29 is 8.83 Å². The average Bonchev–Trinajstić information content (AvgIpc) is 3.81. The third-order valence-corrected chi connectivity index (χ3v) is 11.5. The molecule has 0 amide bonds. The van der Waals surface area contributed by atoms with Gasteiger partial charge in [-0.2, -0.15) is 0 Å². The van der Waals surface area contributed by atoms with Gasteiger partial charge in [0, 0.05) is 21.5 Å². The summed E-state index contributed by atoms with van der Waals surface area (Å²) in [7, 11) is 0. The molecule has 250 valence electrons. The lowest BCUT2D eigenvalue weighted by Gasteiger charge is -2.19. The summed E-state index contributed by atoms with van der Waals surface area (Å²) in [6.45, 7) is 0. The highest BCUT2D eigenvalue weighted by Crippen LogP contribution is 2.47. The lowest BCUT2D eigenvalue weighted by Crippen LogP contribution is -1.92. The predicted molar refractivity (Wildman–Crippen MR) is 227 cm³/mol. The molecule has 0 bridgehead atoms. The van der Waals surface area contributed by atoms with Crippen molar-refractivity contribution in [1.82, 2.24) is 0 Å². The first kappa shape index (κ1) is 29.4. The van der Waals surface area contributed by atoms with Crippen molar-refractivity contribution in [2.45, 2.75) is 0 Å². The molecule has 2 nitrogen and oxygen atoms in total. The van der Waals surface area contributed by atoms with E-state index in [0.717, 1.165) is 55.0 Å². The van der Waals surface area contributed by atoms with Crippen molar-refractivity contribution in [1.29, 1.82) is 0 Å². The van der Waals surface area contributed by atoms with E-state index in [-0.39, 0.29) is 0 Å². The summed E-state index contributed by atoms with van der Waals surface area (Å²) >= 11 is 0. The van der Waals surface area contributed by atoms with Crippen molar-refractivity contribution in [2.24, 2.45) is 0 Å². The van der Waals surface area contributed by atoms with Crippen LogP contribution in [0.4, 0.5) is 0 Å². The first-order valence-electron chi connectivity index (χ1n) is 18.5. The molecule has 0 saturated heterocycles. The van der Waals surface area contributed by atoms with Crippen LogP contribution in [0.3, 0.4) is 0 Å². The summed E-state index contributed by atoms with van der Waals surface area (Å²) in [6, 6.07) is 65.9. The molecule has 0 N–H and O–H groups in total. The minimum atomic E-state index is 0.796. The summed E-state index contributed by atoms with van der Waals surface area (Å²) < 4.78 is 12.7. The van der Waals surface area contributed by atoms with Crippen LogP contribution in [0.15, 0.2) is 191 Å². The Kier molecular flexibility index (Phi) is 6.09. The fourth-order valence-corrected chi connectivity index (χ4v) is 9.02. The van der Waals surface area contributed by atoms with Gasteiger partial charge in [-0.15, -0.1) is 0 Å². The summed E-state index contributed by atoms with van der Waals surface area (Å²) in [5.74, 6) is 0. The molecule has 0 saturated carbocycles. The summed E-state index contributed by atoms with van der Waals surface area (Å²) in [4.78, 5) is 0. The van der Waals surface area contributed by atoms with Crippen molar-refractivity contribution in [3.8, 4) is 33.4 Å². The maximum atomic E-state index is 6.44. The highest BCUT2D eigenvalue weighted by Gasteiger charge is 2.20. The van der Waals surface area contributed by atoms with Gasteiger partial charge < -0.3 is 8.83 Å².